The number of H-pyrrole nitrogens is 1. The normalized spacial score (nSPS) is 27.5. The van der Waals surface area contributed by atoms with Crippen molar-refractivity contribution >= 4 is 11.8 Å². The van der Waals surface area contributed by atoms with E-state index in [1.807, 2.05) is 23.6 Å². The Kier molecular flexibility index (Phi) is 4.74. The summed E-state index contributed by atoms with van der Waals surface area (Å²) in [5, 5.41) is 7.40. The van der Waals surface area contributed by atoms with E-state index in [4.69, 9.17) is 4.74 Å². The molecule has 1 aromatic rings. The van der Waals surface area contributed by atoms with Crippen molar-refractivity contribution in [1.82, 2.24) is 20.0 Å². The molecular formula is C20H30N4O3. The number of rotatable bonds is 1. The van der Waals surface area contributed by atoms with Crippen molar-refractivity contribution in [3.05, 3.63) is 17.0 Å². The van der Waals surface area contributed by atoms with Crippen molar-refractivity contribution in [3.8, 4) is 0 Å². The highest BCUT2D eigenvalue weighted by atomic mass is 16.5. The number of nitrogens with one attached hydrogen (secondary N) is 1. The molecule has 1 aromatic heterocycles. The van der Waals surface area contributed by atoms with Crippen molar-refractivity contribution in [3.63, 3.8) is 0 Å². The zero-order valence-electron chi connectivity index (χ0n) is 16.6. The molecule has 2 fully saturated rings. The minimum absolute atomic E-state index is 0.0121. The first-order valence-corrected chi connectivity index (χ1v) is 10.2. The molecule has 0 bridgehead atoms. The number of aromatic nitrogens is 2. The van der Waals surface area contributed by atoms with Crippen LogP contribution in [0.4, 0.5) is 0 Å². The largest absolute Gasteiger partial charge is 0.369 e. The van der Waals surface area contributed by atoms with Crippen LogP contribution in [0.25, 0.3) is 0 Å². The summed E-state index contributed by atoms with van der Waals surface area (Å²) in [6, 6.07) is 0. The van der Waals surface area contributed by atoms with Crippen LogP contribution in [0.3, 0.4) is 0 Å². The lowest BCUT2D eigenvalue weighted by Crippen LogP contribution is -2.65. The molecule has 7 heteroatoms. The third kappa shape index (κ3) is 3.16. The van der Waals surface area contributed by atoms with Gasteiger partial charge in [-0.05, 0) is 26.7 Å². The van der Waals surface area contributed by atoms with E-state index in [9.17, 15) is 9.59 Å². The maximum absolute atomic E-state index is 13.3. The van der Waals surface area contributed by atoms with Crippen molar-refractivity contribution in [1.29, 1.82) is 0 Å². The standard InChI is InChI=1S/C20H30N4O3/c1-13-11-16-17(14(2)27-13)21-22-18(16)19(26)23-9-10-24(15(3)25)20(12-23)7-5-4-6-8-20/h13-14H,4-12H2,1-3H3,(H,21,22)/t13-,14+/m1/s1. The van der Waals surface area contributed by atoms with E-state index in [0.717, 1.165) is 36.9 Å². The van der Waals surface area contributed by atoms with Gasteiger partial charge in [-0.1, -0.05) is 19.3 Å². The Morgan fingerprint density at radius 1 is 1.19 bits per heavy atom. The molecule has 4 rings (SSSR count). The highest BCUT2D eigenvalue weighted by Gasteiger charge is 2.45. The second-order valence-electron chi connectivity index (χ2n) is 8.44. The lowest BCUT2D eigenvalue weighted by molar-refractivity contribution is -0.141. The first kappa shape index (κ1) is 18.5. The predicted octanol–water partition coefficient (Wildman–Crippen LogP) is 2.44. The molecule has 3 heterocycles. The number of hydrogen-bond donors (Lipinski definition) is 1. The molecule has 1 saturated carbocycles. The number of carbonyl (C=O) groups is 2. The number of amides is 2. The molecule has 2 atom stereocenters. The van der Waals surface area contributed by atoms with Gasteiger partial charge in [0.25, 0.3) is 5.91 Å². The van der Waals surface area contributed by atoms with E-state index >= 15 is 0 Å². The number of aromatic amines is 1. The molecule has 148 valence electrons. The second kappa shape index (κ2) is 6.93. The Morgan fingerprint density at radius 2 is 1.93 bits per heavy atom. The van der Waals surface area contributed by atoms with Gasteiger partial charge in [-0.3, -0.25) is 14.7 Å². The van der Waals surface area contributed by atoms with Crippen LogP contribution in [-0.4, -0.2) is 63.1 Å². The highest BCUT2D eigenvalue weighted by Crippen LogP contribution is 2.37. The number of piperazine rings is 1. The van der Waals surface area contributed by atoms with Gasteiger partial charge in [0.15, 0.2) is 5.69 Å². The Balaban J connectivity index is 1.59. The van der Waals surface area contributed by atoms with Crippen molar-refractivity contribution in [2.75, 3.05) is 19.6 Å². The van der Waals surface area contributed by atoms with Gasteiger partial charge in [-0.25, -0.2) is 0 Å². The minimum atomic E-state index is -0.196. The summed E-state index contributed by atoms with van der Waals surface area (Å²) >= 11 is 0. The Hall–Kier alpha value is -1.89. The predicted molar refractivity (Wildman–Crippen MR) is 100 cm³/mol. The van der Waals surface area contributed by atoms with Gasteiger partial charge in [-0.15, -0.1) is 0 Å². The van der Waals surface area contributed by atoms with E-state index in [1.54, 1.807) is 6.92 Å². The summed E-state index contributed by atoms with van der Waals surface area (Å²) in [5.41, 5.74) is 2.26. The molecule has 27 heavy (non-hydrogen) atoms. The Labute approximate surface area is 160 Å². The minimum Gasteiger partial charge on any atom is -0.369 e. The summed E-state index contributed by atoms with van der Waals surface area (Å²) in [5.74, 6) is 0.114. The molecule has 2 aliphatic heterocycles. The monoisotopic (exact) mass is 374 g/mol. The molecule has 1 saturated heterocycles. The summed E-state index contributed by atoms with van der Waals surface area (Å²) in [6.45, 7) is 7.48. The lowest BCUT2D eigenvalue weighted by atomic mass is 9.78. The van der Waals surface area contributed by atoms with E-state index in [0.29, 0.717) is 31.7 Å². The van der Waals surface area contributed by atoms with Crippen LogP contribution in [0.2, 0.25) is 0 Å². The molecule has 1 N–H and O–H groups in total. The average Bonchev–Trinajstić information content (AvgIpc) is 3.05. The highest BCUT2D eigenvalue weighted by molar-refractivity contribution is 5.94. The van der Waals surface area contributed by atoms with Gasteiger partial charge in [0.2, 0.25) is 5.91 Å². The molecule has 1 aliphatic carbocycles. The third-order valence-electron chi connectivity index (χ3n) is 6.54. The summed E-state index contributed by atoms with van der Waals surface area (Å²) in [6.07, 6.45) is 6.13. The maximum Gasteiger partial charge on any atom is 0.274 e. The lowest BCUT2D eigenvalue weighted by Gasteiger charge is -2.52. The van der Waals surface area contributed by atoms with Crippen LogP contribution in [0.1, 0.15) is 80.7 Å². The fraction of sp³-hybridized carbons (Fsp3) is 0.750. The molecule has 2 amide bonds. The third-order valence-corrected chi connectivity index (χ3v) is 6.54. The van der Waals surface area contributed by atoms with E-state index in [2.05, 4.69) is 10.2 Å². The molecule has 3 aliphatic rings. The molecule has 0 radical (unpaired) electrons. The molecule has 7 nitrogen and oxygen atoms in total. The van der Waals surface area contributed by atoms with Gasteiger partial charge in [-0.2, -0.15) is 5.10 Å². The Morgan fingerprint density at radius 3 is 2.63 bits per heavy atom. The number of hydrogen-bond acceptors (Lipinski definition) is 4. The average molecular weight is 374 g/mol. The smallest absolute Gasteiger partial charge is 0.274 e. The topological polar surface area (TPSA) is 78.5 Å². The van der Waals surface area contributed by atoms with E-state index in [-0.39, 0.29) is 29.6 Å². The van der Waals surface area contributed by atoms with Gasteiger partial charge in [0.05, 0.1) is 23.4 Å². The zero-order chi connectivity index (χ0) is 19.2. The first-order chi connectivity index (χ1) is 12.9. The van der Waals surface area contributed by atoms with E-state index in [1.165, 1.54) is 6.42 Å². The van der Waals surface area contributed by atoms with Gasteiger partial charge < -0.3 is 14.5 Å². The van der Waals surface area contributed by atoms with Crippen LogP contribution in [0.15, 0.2) is 0 Å². The van der Waals surface area contributed by atoms with Crippen LogP contribution >= 0.6 is 0 Å². The summed E-state index contributed by atoms with van der Waals surface area (Å²) < 4.78 is 5.84. The second-order valence-corrected chi connectivity index (χ2v) is 8.44. The van der Waals surface area contributed by atoms with Gasteiger partial charge >= 0.3 is 0 Å². The molecule has 0 aromatic carbocycles. The first-order valence-electron chi connectivity index (χ1n) is 10.2. The van der Waals surface area contributed by atoms with Crippen LogP contribution in [0, 0.1) is 0 Å². The number of carbonyl (C=O) groups excluding carboxylic acids is 2. The van der Waals surface area contributed by atoms with Crippen molar-refractivity contribution in [2.45, 2.75) is 77.0 Å². The number of fused-ring (bicyclic) bond motifs is 1. The number of nitrogens with zero attached hydrogens (tertiary/aromatic N) is 3. The van der Waals surface area contributed by atoms with Crippen LogP contribution in [-0.2, 0) is 16.0 Å². The fourth-order valence-corrected chi connectivity index (χ4v) is 5.28. The Bertz CT molecular complexity index is 738. The molecular weight excluding hydrogens is 344 g/mol. The zero-order valence-corrected chi connectivity index (χ0v) is 16.6. The van der Waals surface area contributed by atoms with Crippen LogP contribution in [0.5, 0.6) is 0 Å². The van der Waals surface area contributed by atoms with Gasteiger partial charge in [0.1, 0.15) is 0 Å². The number of ether oxygens (including phenoxy) is 1. The molecule has 0 unspecified atom stereocenters. The van der Waals surface area contributed by atoms with Crippen LogP contribution < -0.4 is 0 Å². The molecule has 1 spiro atoms. The van der Waals surface area contributed by atoms with Gasteiger partial charge in [0, 0.05) is 38.5 Å². The van der Waals surface area contributed by atoms with E-state index < -0.39 is 0 Å². The maximum atomic E-state index is 13.3. The summed E-state index contributed by atoms with van der Waals surface area (Å²) in [7, 11) is 0. The summed E-state index contributed by atoms with van der Waals surface area (Å²) in [4.78, 5) is 29.5. The van der Waals surface area contributed by atoms with Crippen molar-refractivity contribution < 1.29 is 14.3 Å². The fourth-order valence-electron chi connectivity index (χ4n) is 5.28. The van der Waals surface area contributed by atoms with Crippen molar-refractivity contribution in [2.24, 2.45) is 0 Å². The quantitative estimate of drug-likeness (QED) is 0.819. The SMILES string of the molecule is CC(=O)N1CCN(C(=O)c2n[nH]c3c2C[C@@H](C)O[C@H]3C)CC12CCCCC2.